The standard InChI is InChI=1S/C11H13NO3/c1-7-4-8(10(13)14)2-3-9(7)11(12)5-15-6-11/h2-4H,5-6,12H2,1H3,(H,13,14). The van der Waals surface area contributed by atoms with Gasteiger partial charge in [0.05, 0.1) is 24.3 Å². The highest BCUT2D eigenvalue weighted by Gasteiger charge is 2.37. The predicted octanol–water partition coefficient (Wildman–Crippen LogP) is 0.877. The molecule has 4 heteroatoms. The normalized spacial score (nSPS) is 18.3. The average molecular weight is 207 g/mol. The van der Waals surface area contributed by atoms with Crippen LogP contribution in [-0.2, 0) is 10.3 Å². The topological polar surface area (TPSA) is 72.5 Å². The second-order valence-corrected chi connectivity index (χ2v) is 3.98. The van der Waals surface area contributed by atoms with Gasteiger partial charge in [-0.1, -0.05) is 6.07 Å². The van der Waals surface area contributed by atoms with Crippen molar-refractivity contribution >= 4 is 5.97 Å². The summed E-state index contributed by atoms with van der Waals surface area (Å²) < 4.78 is 5.08. The molecule has 0 amide bonds. The molecule has 1 heterocycles. The fourth-order valence-corrected chi connectivity index (χ4v) is 1.83. The van der Waals surface area contributed by atoms with E-state index < -0.39 is 11.5 Å². The van der Waals surface area contributed by atoms with Crippen LogP contribution in [0.4, 0.5) is 0 Å². The van der Waals surface area contributed by atoms with E-state index in [0.29, 0.717) is 18.8 Å². The minimum atomic E-state index is -0.916. The lowest BCUT2D eigenvalue weighted by molar-refractivity contribution is -0.0572. The lowest BCUT2D eigenvalue weighted by Gasteiger charge is -2.39. The molecule has 15 heavy (non-hydrogen) atoms. The van der Waals surface area contributed by atoms with Gasteiger partial charge in [0, 0.05) is 0 Å². The van der Waals surface area contributed by atoms with Crippen molar-refractivity contribution in [3.63, 3.8) is 0 Å². The largest absolute Gasteiger partial charge is 0.478 e. The summed E-state index contributed by atoms with van der Waals surface area (Å²) in [6.45, 7) is 2.87. The Morgan fingerprint density at radius 1 is 1.53 bits per heavy atom. The van der Waals surface area contributed by atoms with Gasteiger partial charge in [-0.2, -0.15) is 0 Å². The molecule has 2 rings (SSSR count). The molecule has 1 aliphatic rings. The first kappa shape index (κ1) is 10.1. The van der Waals surface area contributed by atoms with Crippen molar-refractivity contribution in [2.24, 2.45) is 5.73 Å². The predicted molar refractivity (Wildman–Crippen MR) is 54.8 cm³/mol. The molecule has 1 aliphatic heterocycles. The van der Waals surface area contributed by atoms with Crippen molar-refractivity contribution in [2.45, 2.75) is 12.5 Å². The first-order valence-corrected chi connectivity index (χ1v) is 4.74. The van der Waals surface area contributed by atoms with Crippen LogP contribution in [0, 0.1) is 6.92 Å². The van der Waals surface area contributed by atoms with Crippen molar-refractivity contribution in [2.75, 3.05) is 13.2 Å². The lowest BCUT2D eigenvalue weighted by Crippen LogP contribution is -2.54. The third kappa shape index (κ3) is 1.62. The third-order valence-electron chi connectivity index (χ3n) is 2.73. The molecule has 1 aromatic carbocycles. The van der Waals surface area contributed by atoms with E-state index in [4.69, 9.17) is 15.6 Å². The van der Waals surface area contributed by atoms with E-state index in [2.05, 4.69) is 0 Å². The van der Waals surface area contributed by atoms with Crippen LogP contribution >= 0.6 is 0 Å². The van der Waals surface area contributed by atoms with Crippen LogP contribution in [0.3, 0.4) is 0 Å². The van der Waals surface area contributed by atoms with Crippen molar-refractivity contribution < 1.29 is 14.6 Å². The second-order valence-electron chi connectivity index (χ2n) is 3.98. The van der Waals surface area contributed by atoms with Gasteiger partial charge >= 0.3 is 5.97 Å². The number of benzene rings is 1. The summed E-state index contributed by atoms with van der Waals surface area (Å²) in [4.78, 5) is 10.7. The zero-order chi connectivity index (χ0) is 11.1. The molecule has 3 N–H and O–H groups in total. The number of hydrogen-bond acceptors (Lipinski definition) is 3. The Hall–Kier alpha value is -1.39. The molecule has 0 atom stereocenters. The highest BCUT2D eigenvalue weighted by molar-refractivity contribution is 5.87. The molecular formula is C11H13NO3. The van der Waals surface area contributed by atoms with Crippen molar-refractivity contribution in [3.05, 3.63) is 34.9 Å². The van der Waals surface area contributed by atoms with Crippen molar-refractivity contribution in [1.82, 2.24) is 0 Å². The molecule has 0 radical (unpaired) electrons. The van der Waals surface area contributed by atoms with Crippen LogP contribution in [0.25, 0.3) is 0 Å². The highest BCUT2D eigenvalue weighted by atomic mass is 16.5. The van der Waals surface area contributed by atoms with Gasteiger partial charge in [0.2, 0.25) is 0 Å². The smallest absolute Gasteiger partial charge is 0.335 e. The maximum atomic E-state index is 10.7. The molecule has 0 aromatic heterocycles. The molecule has 1 saturated heterocycles. The maximum Gasteiger partial charge on any atom is 0.335 e. The average Bonchev–Trinajstić information content (AvgIpc) is 2.14. The molecule has 4 nitrogen and oxygen atoms in total. The molecule has 1 fully saturated rings. The fourth-order valence-electron chi connectivity index (χ4n) is 1.83. The van der Waals surface area contributed by atoms with Crippen LogP contribution in [0.5, 0.6) is 0 Å². The monoisotopic (exact) mass is 207 g/mol. The van der Waals surface area contributed by atoms with Crippen molar-refractivity contribution in [3.8, 4) is 0 Å². The quantitative estimate of drug-likeness (QED) is 0.755. The van der Waals surface area contributed by atoms with Crippen molar-refractivity contribution in [1.29, 1.82) is 0 Å². The summed E-state index contributed by atoms with van der Waals surface area (Å²) in [7, 11) is 0. The first-order chi connectivity index (χ1) is 7.03. The molecule has 80 valence electrons. The second kappa shape index (κ2) is 3.32. The van der Waals surface area contributed by atoms with E-state index in [0.717, 1.165) is 11.1 Å². The number of nitrogens with two attached hydrogens (primary N) is 1. The molecule has 0 unspecified atom stereocenters. The number of aromatic carboxylic acids is 1. The van der Waals surface area contributed by atoms with Crippen LogP contribution < -0.4 is 5.73 Å². The minimum absolute atomic E-state index is 0.292. The third-order valence-corrected chi connectivity index (χ3v) is 2.73. The number of aryl methyl sites for hydroxylation is 1. The van der Waals surface area contributed by atoms with Gasteiger partial charge in [-0.15, -0.1) is 0 Å². The number of carboxylic acids is 1. The molecule has 0 aliphatic carbocycles. The van der Waals surface area contributed by atoms with E-state index in [1.54, 1.807) is 18.2 Å². The Bertz CT molecular complexity index is 410. The minimum Gasteiger partial charge on any atom is -0.478 e. The molecular weight excluding hydrogens is 194 g/mol. The summed E-state index contributed by atoms with van der Waals surface area (Å²) in [5, 5.41) is 8.82. The zero-order valence-corrected chi connectivity index (χ0v) is 8.49. The van der Waals surface area contributed by atoms with Crippen LogP contribution in [0.1, 0.15) is 21.5 Å². The Kier molecular flexibility index (Phi) is 2.25. The number of hydrogen-bond donors (Lipinski definition) is 2. The van der Waals surface area contributed by atoms with E-state index in [1.807, 2.05) is 6.92 Å². The Balaban J connectivity index is 2.38. The van der Waals surface area contributed by atoms with E-state index in [9.17, 15) is 4.79 Å². The summed E-state index contributed by atoms with van der Waals surface area (Å²) in [5.41, 5.74) is 7.82. The number of carboxylic acid groups (broad SMARTS) is 1. The SMILES string of the molecule is Cc1cc(C(=O)O)ccc1C1(N)COC1. The maximum absolute atomic E-state index is 10.7. The van der Waals surface area contributed by atoms with E-state index in [1.165, 1.54) is 0 Å². The van der Waals surface area contributed by atoms with Gasteiger partial charge in [-0.25, -0.2) is 4.79 Å². The molecule has 0 saturated carbocycles. The number of ether oxygens (including phenoxy) is 1. The summed E-state index contributed by atoms with van der Waals surface area (Å²) in [6, 6.07) is 5.00. The summed E-state index contributed by atoms with van der Waals surface area (Å²) >= 11 is 0. The van der Waals surface area contributed by atoms with Gasteiger partial charge in [-0.05, 0) is 30.2 Å². The zero-order valence-electron chi connectivity index (χ0n) is 8.49. The van der Waals surface area contributed by atoms with Gasteiger partial charge in [0.1, 0.15) is 0 Å². The first-order valence-electron chi connectivity index (χ1n) is 4.74. The molecule has 0 bridgehead atoms. The van der Waals surface area contributed by atoms with E-state index >= 15 is 0 Å². The van der Waals surface area contributed by atoms with Gasteiger partial charge < -0.3 is 15.6 Å². The number of rotatable bonds is 2. The summed E-state index contributed by atoms with van der Waals surface area (Å²) in [5.74, 6) is -0.916. The highest BCUT2D eigenvalue weighted by Crippen LogP contribution is 2.29. The molecule has 1 aromatic rings. The summed E-state index contributed by atoms with van der Waals surface area (Å²) in [6.07, 6.45) is 0. The van der Waals surface area contributed by atoms with Crippen LogP contribution in [0.2, 0.25) is 0 Å². The molecule has 0 spiro atoms. The van der Waals surface area contributed by atoms with Gasteiger partial charge in [-0.3, -0.25) is 0 Å². The fraction of sp³-hybridized carbons (Fsp3) is 0.364. The lowest BCUT2D eigenvalue weighted by atomic mass is 9.85. The van der Waals surface area contributed by atoms with Gasteiger partial charge in [0.25, 0.3) is 0 Å². The Labute approximate surface area is 87.7 Å². The van der Waals surface area contributed by atoms with Crippen LogP contribution in [-0.4, -0.2) is 24.3 Å². The van der Waals surface area contributed by atoms with Crippen LogP contribution in [0.15, 0.2) is 18.2 Å². The Morgan fingerprint density at radius 2 is 2.20 bits per heavy atom. The van der Waals surface area contributed by atoms with E-state index in [-0.39, 0.29) is 0 Å². The van der Waals surface area contributed by atoms with Gasteiger partial charge in [0.15, 0.2) is 0 Å². The Morgan fingerprint density at radius 3 is 2.60 bits per heavy atom. The number of carbonyl (C=O) groups is 1.